The first-order valence-electron chi connectivity index (χ1n) is 7.85. The van der Waals surface area contributed by atoms with E-state index in [1.54, 1.807) is 13.8 Å². The molecule has 3 N–H and O–H groups in total. The second-order valence-corrected chi connectivity index (χ2v) is 5.89. The van der Waals surface area contributed by atoms with Crippen LogP contribution in [0.25, 0.3) is 11.3 Å². The van der Waals surface area contributed by atoms with Crippen molar-refractivity contribution in [3.05, 3.63) is 52.3 Å². The number of ether oxygens (including phenoxy) is 1. The number of nitro benzene ring substituents is 1. The molecule has 0 unspecified atom stereocenters. The Morgan fingerprint density at radius 2 is 1.78 bits per heavy atom. The van der Waals surface area contributed by atoms with Gasteiger partial charge >= 0.3 is 12.0 Å². The van der Waals surface area contributed by atoms with E-state index < -0.39 is 34.9 Å². The SMILES string of the molecule is CC(C)[C@@H](OC(=O)c1ccc(-c2ccc([N+](=O)[O-])cc2)o1)C(=O)NC(N)=O. The molecule has 10 heteroatoms. The van der Waals surface area contributed by atoms with E-state index >= 15 is 0 Å². The summed E-state index contributed by atoms with van der Waals surface area (Å²) in [6.07, 6.45) is -1.24. The Morgan fingerprint density at radius 1 is 1.15 bits per heavy atom. The fourth-order valence-corrected chi connectivity index (χ4v) is 2.21. The summed E-state index contributed by atoms with van der Waals surface area (Å²) < 4.78 is 10.5. The van der Waals surface area contributed by atoms with Gasteiger partial charge in [-0.05, 0) is 30.2 Å². The Bertz CT molecular complexity index is 871. The van der Waals surface area contributed by atoms with Gasteiger partial charge in [-0.25, -0.2) is 9.59 Å². The van der Waals surface area contributed by atoms with E-state index in [1.807, 2.05) is 5.32 Å². The summed E-state index contributed by atoms with van der Waals surface area (Å²) >= 11 is 0. The second-order valence-electron chi connectivity index (χ2n) is 5.89. The summed E-state index contributed by atoms with van der Waals surface area (Å²) in [6, 6.07) is 7.35. The van der Waals surface area contributed by atoms with Crippen molar-refractivity contribution in [2.45, 2.75) is 20.0 Å². The van der Waals surface area contributed by atoms with Crippen molar-refractivity contribution in [3.63, 3.8) is 0 Å². The molecular weight excluding hydrogens is 358 g/mol. The highest BCUT2D eigenvalue weighted by atomic mass is 16.6. The van der Waals surface area contributed by atoms with Gasteiger partial charge in [0.1, 0.15) is 5.76 Å². The Hall–Kier alpha value is -3.69. The largest absolute Gasteiger partial charge is 0.449 e. The number of rotatable bonds is 6. The van der Waals surface area contributed by atoms with Crippen LogP contribution in [0.2, 0.25) is 0 Å². The first-order valence-corrected chi connectivity index (χ1v) is 7.85. The summed E-state index contributed by atoms with van der Waals surface area (Å²) in [7, 11) is 0. The molecule has 2 rings (SSSR count). The molecule has 1 atom stereocenters. The van der Waals surface area contributed by atoms with Gasteiger partial charge in [-0.15, -0.1) is 0 Å². The van der Waals surface area contributed by atoms with Crippen LogP contribution in [0.1, 0.15) is 24.4 Å². The predicted molar refractivity (Wildman–Crippen MR) is 92.6 cm³/mol. The van der Waals surface area contributed by atoms with E-state index in [0.29, 0.717) is 11.3 Å². The quantitative estimate of drug-likeness (QED) is 0.445. The van der Waals surface area contributed by atoms with Crippen molar-refractivity contribution in [2.75, 3.05) is 0 Å². The van der Waals surface area contributed by atoms with Crippen molar-refractivity contribution in [1.82, 2.24) is 5.32 Å². The van der Waals surface area contributed by atoms with Crippen LogP contribution in [0.5, 0.6) is 0 Å². The number of nitrogens with zero attached hydrogens (tertiary/aromatic N) is 1. The van der Waals surface area contributed by atoms with Crippen LogP contribution in [0.3, 0.4) is 0 Å². The third-order valence-electron chi connectivity index (χ3n) is 3.51. The zero-order valence-corrected chi connectivity index (χ0v) is 14.5. The van der Waals surface area contributed by atoms with Crippen molar-refractivity contribution in [1.29, 1.82) is 0 Å². The lowest BCUT2D eigenvalue weighted by Crippen LogP contribution is -2.45. The van der Waals surface area contributed by atoms with Gasteiger partial charge in [0, 0.05) is 17.7 Å². The summed E-state index contributed by atoms with van der Waals surface area (Å²) in [5.74, 6) is -2.03. The number of nitro groups is 1. The number of nitrogens with two attached hydrogens (primary N) is 1. The number of nitrogens with one attached hydrogen (secondary N) is 1. The fourth-order valence-electron chi connectivity index (χ4n) is 2.21. The minimum absolute atomic E-state index is 0.0785. The Labute approximate surface area is 153 Å². The molecule has 0 saturated heterocycles. The maximum Gasteiger partial charge on any atom is 0.375 e. The normalized spacial score (nSPS) is 11.7. The van der Waals surface area contributed by atoms with Crippen molar-refractivity contribution >= 4 is 23.6 Å². The van der Waals surface area contributed by atoms with E-state index in [2.05, 4.69) is 0 Å². The molecule has 0 bridgehead atoms. The van der Waals surface area contributed by atoms with Crippen molar-refractivity contribution in [2.24, 2.45) is 11.7 Å². The number of primary amides is 1. The molecule has 0 aliphatic carbocycles. The highest BCUT2D eigenvalue weighted by molar-refractivity contribution is 5.97. The van der Waals surface area contributed by atoms with Gasteiger partial charge in [0.2, 0.25) is 5.76 Å². The average molecular weight is 375 g/mol. The summed E-state index contributed by atoms with van der Waals surface area (Å²) in [5, 5.41) is 12.5. The lowest BCUT2D eigenvalue weighted by atomic mass is 10.1. The number of benzene rings is 1. The smallest absolute Gasteiger partial charge is 0.375 e. The third kappa shape index (κ3) is 4.91. The van der Waals surface area contributed by atoms with Gasteiger partial charge in [-0.2, -0.15) is 0 Å². The van der Waals surface area contributed by atoms with Gasteiger partial charge in [0.25, 0.3) is 11.6 Å². The zero-order valence-electron chi connectivity index (χ0n) is 14.5. The molecule has 142 valence electrons. The van der Waals surface area contributed by atoms with Crippen LogP contribution in [-0.2, 0) is 9.53 Å². The lowest BCUT2D eigenvalue weighted by molar-refractivity contribution is -0.384. The molecule has 3 amide bonds. The molecule has 2 aromatic rings. The van der Waals surface area contributed by atoms with E-state index in [-0.39, 0.29) is 11.4 Å². The van der Waals surface area contributed by atoms with Crippen LogP contribution in [-0.4, -0.2) is 28.9 Å². The lowest BCUT2D eigenvalue weighted by Gasteiger charge is -2.19. The van der Waals surface area contributed by atoms with E-state index in [0.717, 1.165) is 0 Å². The number of non-ortho nitro benzene ring substituents is 1. The number of hydrogen-bond acceptors (Lipinski definition) is 7. The van der Waals surface area contributed by atoms with E-state index in [4.69, 9.17) is 14.9 Å². The first kappa shape index (κ1) is 19.6. The molecule has 0 aliphatic heterocycles. The van der Waals surface area contributed by atoms with Crippen LogP contribution in [0.4, 0.5) is 10.5 Å². The number of esters is 1. The predicted octanol–water partition coefficient (Wildman–Crippen LogP) is 2.23. The van der Waals surface area contributed by atoms with E-state index in [9.17, 15) is 24.5 Å². The summed E-state index contributed by atoms with van der Waals surface area (Å²) in [5.41, 5.74) is 5.34. The number of imide groups is 1. The Morgan fingerprint density at radius 3 is 2.30 bits per heavy atom. The standard InChI is InChI=1S/C17H17N3O7/c1-9(2)14(15(21)19-17(18)23)27-16(22)13-8-7-12(26-13)10-3-5-11(6-4-10)20(24)25/h3-9,14H,1-2H3,(H3,18,19,21,23)/t14-/m1/s1. The second kappa shape index (κ2) is 8.13. The molecule has 0 spiro atoms. The number of furan rings is 1. The van der Waals surface area contributed by atoms with Crippen LogP contribution < -0.4 is 11.1 Å². The summed E-state index contributed by atoms with van der Waals surface area (Å²) in [4.78, 5) is 45.1. The van der Waals surface area contributed by atoms with Crippen molar-refractivity contribution < 1.29 is 28.5 Å². The molecule has 0 fully saturated rings. The number of carbonyl (C=O) groups excluding carboxylic acids is 3. The Balaban J connectivity index is 2.14. The molecule has 1 aromatic heterocycles. The molecule has 10 nitrogen and oxygen atoms in total. The van der Waals surface area contributed by atoms with Crippen LogP contribution in [0.15, 0.2) is 40.8 Å². The van der Waals surface area contributed by atoms with Crippen molar-refractivity contribution in [3.8, 4) is 11.3 Å². The first-order chi connectivity index (χ1) is 12.7. The van der Waals surface area contributed by atoms with Crippen LogP contribution >= 0.6 is 0 Å². The number of urea groups is 1. The highest BCUT2D eigenvalue weighted by Crippen LogP contribution is 2.25. The zero-order chi connectivity index (χ0) is 20.1. The van der Waals surface area contributed by atoms with Gasteiger partial charge in [-0.3, -0.25) is 20.2 Å². The number of carbonyl (C=O) groups is 3. The van der Waals surface area contributed by atoms with E-state index in [1.165, 1.54) is 36.4 Å². The van der Waals surface area contributed by atoms with Gasteiger partial charge in [0.15, 0.2) is 6.10 Å². The molecule has 1 aromatic carbocycles. The van der Waals surface area contributed by atoms with Gasteiger partial charge in [-0.1, -0.05) is 13.8 Å². The molecule has 0 saturated carbocycles. The maximum atomic E-state index is 12.2. The van der Waals surface area contributed by atoms with Crippen LogP contribution in [0, 0.1) is 16.0 Å². The average Bonchev–Trinajstić information content (AvgIpc) is 3.08. The molecular formula is C17H17N3O7. The summed E-state index contributed by atoms with van der Waals surface area (Å²) in [6.45, 7) is 3.26. The third-order valence-corrected chi connectivity index (χ3v) is 3.51. The Kier molecular flexibility index (Phi) is 5.91. The van der Waals surface area contributed by atoms with Gasteiger partial charge in [0.05, 0.1) is 4.92 Å². The monoisotopic (exact) mass is 375 g/mol. The molecule has 0 radical (unpaired) electrons. The number of hydrogen-bond donors (Lipinski definition) is 2. The molecule has 27 heavy (non-hydrogen) atoms. The highest BCUT2D eigenvalue weighted by Gasteiger charge is 2.29. The fraction of sp³-hybridized carbons (Fsp3) is 0.235. The topological polar surface area (TPSA) is 155 Å². The number of amides is 3. The molecule has 0 aliphatic rings. The maximum absolute atomic E-state index is 12.2. The molecule has 1 heterocycles. The minimum Gasteiger partial charge on any atom is -0.449 e. The van der Waals surface area contributed by atoms with Gasteiger partial charge < -0.3 is 14.9 Å². The minimum atomic E-state index is -1.24.